The third kappa shape index (κ3) is 6.26. The van der Waals surface area contributed by atoms with Gasteiger partial charge < -0.3 is 5.32 Å². The summed E-state index contributed by atoms with van der Waals surface area (Å²) in [5, 5.41) is 2.67. The lowest BCUT2D eigenvalue weighted by Gasteiger charge is -2.14. The van der Waals surface area contributed by atoms with Gasteiger partial charge in [-0.25, -0.2) is 0 Å². The molecule has 0 fully saturated rings. The van der Waals surface area contributed by atoms with Crippen molar-refractivity contribution >= 4 is 40.7 Å². The summed E-state index contributed by atoms with van der Waals surface area (Å²) in [6.45, 7) is 12.0. The number of nitrogens with zero attached hydrogens (tertiary/aromatic N) is 3. The fraction of sp³-hybridized carbons (Fsp3) is 0.217. The molecule has 0 unspecified atom stereocenters. The molecule has 2 aromatic rings. The normalized spacial score (nSPS) is 11.4. The predicted molar refractivity (Wildman–Crippen MR) is 125 cm³/mol. The van der Waals surface area contributed by atoms with Crippen molar-refractivity contribution in [3.63, 3.8) is 0 Å². The summed E-state index contributed by atoms with van der Waals surface area (Å²) >= 11 is 1.10. The number of aliphatic imine (C=N–C) groups is 2. The maximum absolute atomic E-state index is 12.3. The third-order valence-corrected chi connectivity index (χ3v) is 4.80. The van der Waals surface area contributed by atoms with E-state index in [4.69, 9.17) is 0 Å². The van der Waals surface area contributed by atoms with Gasteiger partial charge in [-0.3, -0.25) is 19.8 Å². The van der Waals surface area contributed by atoms with Crippen LogP contribution in [0.4, 0.5) is 10.5 Å². The number of hydrogen-bond acceptors (Lipinski definition) is 5. The first kappa shape index (κ1) is 22.3. The summed E-state index contributed by atoms with van der Waals surface area (Å²) < 4.78 is 0. The molecular formula is C23H26N4OS. The molecule has 1 aromatic heterocycles. The Hall–Kier alpha value is -2.99. The van der Waals surface area contributed by atoms with Crippen LogP contribution >= 0.6 is 11.8 Å². The zero-order valence-corrected chi connectivity index (χ0v) is 18.1. The van der Waals surface area contributed by atoms with Gasteiger partial charge in [0.1, 0.15) is 0 Å². The van der Waals surface area contributed by atoms with Gasteiger partial charge in [-0.1, -0.05) is 18.2 Å². The van der Waals surface area contributed by atoms with Crippen molar-refractivity contribution in [1.29, 1.82) is 0 Å². The molecule has 5 nitrogen and oxygen atoms in total. The number of amides is 1. The topological polar surface area (TPSA) is 66.7 Å². The van der Waals surface area contributed by atoms with Gasteiger partial charge in [-0.05, 0) is 81.6 Å². The Morgan fingerprint density at radius 1 is 1.31 bits per heavy atom. The molecule has 6 heteroatoms. The second-order valence-electron chi connectivity index (χ2n) is 6.33. The standard InChI is InChI=1S/C23H26N4OS/c1-6-10-17(15-27-16(3)4)18-13-19(20-11-8-9-12-26-20)22(21(14-18)24-5)29-23(28)25-7-2/h6,8-15H,5,7H2,1-4H3,(H,25,28)/b10-6-,17-15+. The Morgan fingerprint density at radius 2 is 2.10 bits per heavy atom. The molecule has 0 aliphatic heterocycles. The summed E-state index contributed by atoms with van der Waals surface area (Å²) in [5.74, 6) is 0. The molecule has 0 spiro atoms. The minimum absolute atomic E-state index is 0.141. The summed E-state index contributed by atoms with van der Waals surface area (Å²) in [4.78, 5) is 26.2. The fourth-order valence-electron chi connectivity index (χ4n) is 2.58. The van der Waals surface area contributed by atoms with E-state index in [0.29, 0.717) is 12.2 Å². The van der Waals surface area contributed by atoms with Crippen molar-refractivity contribution in [3.8, 4) is 11.3 Å². The highest BCUT2D eigenvalue weighted by Crippen LogP contribution is 2.41. The van der Waals surface area contributed by atoms with Crippen molar-refractivity contribution in [3.05, 3.63) is 60.4 Å². The molecule has 0 aliphatic carbocycles. The number of nitrogens with one attached hydrogen (secondary N) is 1. The molecule has 29 heavy (non-hydrogen) atoms. The molecule has 0 atom stereocenters. The third-order valence-electron chi connectivity index (χ3n) is 3.84. The Labute approximate surface area is 176 Å². The van der Waals surface area contributed by atoms with Gasteiger partial charge in [0.05, 0.1) is 16.3 Å². The maximum atomic E-state index is 12.3. The highest BCUT2D eigenvalue weighted by molar-refractivity contribution is 8.13. The van der Waals surface area contributed by atoms with Gasteiger partial charge >= 0.3 is 0 Å². The van der Waals surface area contributed by atoms with Crippen LogP contribution in [0.2, 0.25) is 0 Å². The molecule has 0 radical (unpaired) electrons. The first-order chi connectivity index (χ1) is 14.0. The molecule has 0 saturated heterocycles. The van der Waals surface area contributed by atoms with E-state index in [9.17, 15) is 4.79 Å². The molecular weight excluding hydrogens is 380 g/mol. The van der Waals surface area contributed by atoms with Gasteiger partial charge in [0.25, 0.3) is 5.24 Å². The van der Waals surface area contributed by atoms with Crippen LogP contribution in [0, 0.1) is 0 Å². The molecule has 1 N–H and O–H groups in total. The summed E-state index contributed by atoms with van der Waals surface area (Å²) in [6, 6.07) is 9.64. The molecule has 0 aliphatic rings. The quantitative estimate of drug-likeness (QED) is 0.333. The van der Waals surface area contributed by atoms with Crippen LogP contribution in [0.15, 0.2) is 69.8 Å². The predicted octanol–water partition coefficient (Wildman–Crippen LogP) is 6.30. The minimum Gasteiger partial charge on any atom is -0.347 e. The van der Waals surface area contributed by atoms with Gasteiger partial charge in [-0.2, -0.15) is 0 Å². The van der Waals surface area contributed by atoms with Crippen LogP contribution in [0.5, 0.6) is 0 Å². The SMILES string of the molecule is C=Nc1cc(C(/C=C\C)=C/N=C(C)C)cc(-c2ccccn2)c1SC(=O)NCC. The summed E-state index contributed by atoms with van der Waals surface area (Å²) in [6.07, 6.45) is 7.52. The van der Waals surface area contributed by atoms with Crippen LogP contribution in [0.1, 0.15) is 33.3 Å². The van der Waals surface area contributed by atoms with Crippen molar-refractivity contribution in [2.24, 2.45) is 9.98 Å². The van der Waals surface area contributed by atoms with E-state index in [2.05, 4.69) is 27.0 Å². The second kappa shape index (κ2) is 11.1. The lowest BCUT2D eigenvalue weighted by atomic mass is 10.00. The highest BCUT2D eigenvalue weighted by Gasteiger charge is 2.18. The molecule has 0 saturated carbocycles. The fourth-order valence-corrected chi connectivity index (χ4v) is 3.49. The monoisotopic (exact) mass is 406 g/mol. The first-order valence-corrected chi connectivity index (χ1v) is 10.2. The van der Waals surface area contributed by atoms with Crippen LogP contribution in [-0.4, -0.2) is 29.2 Å². The number of carbonyl (C=O) groups excluding carboxylic acids is 1. The lowest BCUT2D eigenvalue weighted by Crippen LogP contribution is -2.17. The maximum Gasteiger partial charge on any atom is 0.283 e. The van der Waals surface area contributed by atoms with E-state index >= 15 is 0 Å². The van der Waals surface area contributed by atoms with E-state index in [0.717, 1.165) is 44.8 Å². The first-order valence-electron chi connectivity index (χ1n) is 9.36. The van der Waals surface area contributed by atoms with Gasteiger partial charge in [-0.15, -0.1) is 0 Å². The lowest BCUT2D eigenvalue weighted by molar-refractivity contribution is 0.261. The number of benzene rings is 1. The smallest absolute Gasteiger partial charge is 0.283 e. The largest absolute Gasteiger partial charge is 0.347 e. The van der Waals surface area contributed by atoms with E-state index in [1.165, 1.54) is 0 Å². The van der Waals surface area contributed by atoms with E-state index in [1.807, 2.05) is 76.4 Å². The zero-order chi connectivity index (χ0) is 21.2. The minimum atomic E-state index is -0.141. The highest BCUT2D eigenvalue weighted by atomic mass is 32.2. The number of thioether (sulfide) groups is 1. The van der Waals surface area contributed by atoms with E-state index < -0.39 is 0 Å². The van der Waals surface area contributed by atoms with E-state index in [-0.39, 0.29) is 5.24 Å². The molecule has 2 rings (SSSR count). The van der Waals surface area contributed by atoms with Gasteiger partial charge in [0.15, 0.2) is 0 Å². The number of hydrogen-bond donors (Lipinski definition) is 1. The van der Waals surface area contributed by atoms with Crippen molar-refractivity contribution < 1.29 is 4.79 Å². The molecule has 1 heterocycles. The van der Waals surface area contributed by atoms with Crippen molar-refractivity contribution in [2.75, 3.05) is 6.54 Å². The Bertz CT molecular complexity index is 958. The second-order valence-corrected chi connectivity index (χ2v) is 7.31. The van der Waals surface area contributed by atoms with Gasteiger partial charge in [0, 0.05) is 30.2 Å². The zero-order valence-electron chi connectivity index (χ0n) is 17.3. The number of aromatic nitrogens is 1. The van der Waals surface area contributed by atoms with Crippen molar-refractivity contribution in [2.45, 2.75) is 32.6 Å². The van der Waals surface area contributed by atoms with Crippen LogP contribution in [-0.2, 0) is 0 Å². The van der Waals surface area contributed by atoms with Crippen LogP contribution in [0.25, 0.3) is 16.8 Å². The average Bonchev–Trinajstić information content (AvgIpc) is 2.72. The summed E-state index contributed by atoms with van der Waals surface area (Å²) in [7, 11) is 0. The molecule has 1 amide bonds. The molecule has 150 valence electrons. The number of allylic oxidation sites excluding steroid dienone is 3. The molecule has 1 aromatic carbocycles. The Kier molecular flexibility index (Phi) is 8.55. The Balaban J connectivity index is 2.73. The number of rotatable bonds is 7. The van der Waals surface area contributed by atoms with Gasteiger partial charge in [0.2, 0.25) is 0 Å². The summed E-state index contributed by atoms with van der Waals surface area (Å²) in [5.41, 5.74) is 5.05. The molecule has 0 bridgehead atoms. The van der Waals surface area contributed by atoms with E-state index in [1.54, 1.807) is 6.20 Å². The Morgan fingerprint density at radius 3 is 2.69 bits per heavy atom. The van der Waals surface area contributed by atoms with Crippen LogP contribution < -0.4 is 5.32 Å². The van der Waals surface area contributed by atoms with Crippen molar-refractivity contribution in [1.82, 2.24) is 10.3 Å². The van der Waals surface area contributed by atoms with Crippen LogP contribution in [0.3, 0.4) is 0 Å². The average molecular weight is 407 g/mol. The number of pyridine rings is 1. The number of carbonyl (C=O) groups is 1.